The Hall–Kier alpha value is -2.89. The van der Waals surface area contributed by atoms with Gasteiger partial charge in [0.15, 0.2) is 0 Å². The number of hydrogen-bond donors (Lipinski definition) is 1. The van der Waals surface area contributed by atoms with Crippen molar-refractivity contribution < 1.29 is 9.59 Å². The van der Waals surface area contributed by atoms with Gasteiger partial charge in [-0.1, -0.05) is 18.2 Å². The Labute approximate surface area is 134 Å². The summed E-state index contributed by atoms with van der Waals surface area (Å²) in [5.41, 5.74) is 6.32. The molecule has 6 nitrogen and oxygen atoms in total. The highest BCUT2D eigenvalue weighted by atomic mass is 16.2. The van der Waals surface area contributed by atoms with Gasteiger partial charge >= 0.3 is 0 Å². The molecule has 0 spiro atoms. The molecule has 118 valence electrons. The van der Waals surface area contributed by atoms with Crippen molar-refractivity contribution in [2.75, 3.05) is 31.1 Å². The van der Waals surface area contributed by atoms with Crippen LogP contribution in [-0.2, 0) is 0 Å². The lowest BCUT2D eigenvalue weighted by Crippen LogP contribution is -2.49. The van der Waals surface area contributed by atoms with E-state index in [1.54, 1.807) is 12.1 Å². The Morgan fingerprint density at radius 1 is 0.913 bits per heavy atom. The first-order valence-corrected chi connectivity index (χ1v) is 7.50. The lowest BCUT2D eigenvalue weighted by molar-refractivity contribution is 0.0746. The number of piperazine rings is 1. The molecule has 0 saturated carbocycles. The molecule has 3 rings (SSSR count). The highest BCUT2D eigenvalue weighted by Gasteiger charge is 2.22. The third kappa shape index (κ3) is 3.31. The van der Waals surface area contributed by atoms with Gasteiger partial charge in [-0.05, 0) is 24.3 Å². The predicted octanol–water partition coefficient (Wildman–Crippen LogP) is 1.14. The third-order valence-electron chi connectivity index (χ3n) is 3.94. The average molecular weight is 310 g/mol. The molecule has 1 aromatic heterocycles. The highest BCUT2D eigenvalue weighted by molar-refractivity contribution is 5.94. The van der Waals surface area contributed by atoms with Crippen molar-refractivity contribution in [3.8, 4) is 0 Å². The van der Waals surface area contributed by atoms with Crippen molar-refractivity contribution in [1.29, 1.82) is 0 Å². The maximum atomic E-state index is 12.4. The van der Waals surface area contributed by atoms with Crippen molar-refractivity contribution in [1.82, 2.24) is 9.88 Å². The van der Waals surface area contributed by atoms with Crippen molar-refractivity contribution in [2.24, 2.45) is 5.73 Å². The number of hydrogen-bond acceptors (Lipinski definition) is 4. The molecule has 1 saturated heterocycles. The number of nitrogens with two attached hydrogens (primary N) is 1. The topological polar surface area (TPSA) is 79.5 Å². The quantitative estimate of drug-likeness (QED) is 0.922. The molecule has 0 bridgehead atoms. The molecule has 2 heterocycles. The molecular formula is C17H18N4O2. The number of benzene rings is 1. The number of nitrogens with zero attached hydrogens (tertiary/aromatic N) is 3. The van der Waals surface area contributed by atoms with Crippen LogP contribution in [0, 0.1) is 0 Å². The molecule has 2 aromatic rings. The minimum absolute atomic E-state index is 0.0577. The van der Waals surface area contributed by atoms with Crippen molar-refractivity contribution >= 4 is 17.6 Å². The second kappa shape index (κ2) is 6.48. The van der Waals surface area contributed by atoms with E-state index >= 15 is 0 Å². The van der Waals surface area contributed by atoms with Gasteiger partial charge in [-0.3, -0.25) is 9.59 Å². The number of pyridine rings is 1. The van der Waals surface area contributed by atoms with E-state index in [0.29, 0.717) is 37.3 Å². The first kappa shape index (κ1) is 15.0. The molecule has 0 atom stereocenters. The monoisotopic (exact) mass is 310 g/mol. The van der Waals surface area contributed by atoms with Crippen LogP contribution in [0.1, 0.15) is 20.7 Å². The number of rotatable bonds is 3. The summed E-state index contributed by atoms with van der Waals surface area (Å²) < 4.78 is 0. The number of carbonyl (C=O) groups excluding carboxylic acids is 2. The maximum Gasteiger partial charge on any atom is 0.253 e. The van der Waals surface area contributed by atoms with E-state index < -0.39 is 5.91 Å². The summed E-state index contributed by atoms with van der Waals surface area (Å²) in [7, 11) is 0. The average Bonchev–Trinajstić information content (AvgIpc) is 2.62. The molecule has 23 heavy (non-hydrogen) atoms. The van der Waals surface area contributed by atoms with Crippen molar-refractivity contribution in [2.45, 2.75) is 0 Å². The first-order chi connectivity index (χ1) is 11.1. The van der Waals surface area contributed by atoms with Gasteiger partial charge in [0.25, 0.3) is 5.91 Å². The Balaban J connectivity index is 1.62. The number of primary amides is 1. The molecule has 1 aliphatic heterocycles. The minimum atomic E-state index is -0.484. The zero-order valence-corrected chi connectivity index (χ0v) is 12.7. The van der Waals surface area contributed by atoms with Gasteiger partial charge in [0.1, 0.15) is 5.82 Å². The van der Waals surface area contributed by atoms with Gasteiger partial charge in [0.05, 0.1) is 5.56 Å². The fourth-order valence-electron chi connectivity index (χ4n) is 2.62. The molecular weight excluding hydrogens is 292 g/mol. The first-order valence-electron chi connectivity index (χ1n) is 7.50. The van der Waals surface area contributed by atoms with E-state index in [1.165, 1.54) is 6.20 Å². The molecule has 0 unspecified atom stereocenters. The van der Waals surface area contributed by atoms with E-state index in [2.05, 4.69) is 9.88 Å². The maximum absolute atomic E-state index is 12.4. The SMILES string of the molecule is NC(=O)c1ccc(N2CCN(C(=O)c3ccccc3)CC2)nc1. The number of carbonyl (C=O) groups is 2. The number of amides is 2. The van der Waals surface area contributed by atoms with Gasteiger partial charge in [0.2, 0.25) is 5.91 Å². The molecule has 2 N–H and O–H groups in total. The summed E-state index contributed by atoms with van der Waals surface area (Å²) in [4.78, 5) is 31.7. The largest absolute Gasteiger partial charge is 0.366 e. The molecule has 1 aromatic carbocycles. The minimum Gasteiger partial charge on any atom is -0.366 e. The van der Waals surface area contributed by atoms with Gasteiger partial charge in [0, 0.05) is 37.9 Å². The summed E-state index contributed by atoms with van der Waals surface area (Å²) in [6.07, 6.45) is 1.49. The molecule has 1 fully saturated rings. The van der Waals surface area contributed by atoms with Gasteiger partial charge in [-0.2, -0.15) is 0 Å². The van der Waals surface area contributed by atoms with Crippen LogP contribution in [-0.4, -0.2) is 47.9 Å². The third-order valence-corrected chi connectivity index (χ3v) is 3.94. The van der Waals surface area contributed by atoms with Gasteiger partial charge in [-0.25, -0.2) is 4.98 Å². The van der Waals surface area contributed by atoms with Crippen LogP contribution in [0.4, 0.5) is 5.82 Å². The van der Waals surface area contributed by atoms with E-state index in [0.717, 1.165) is 5.82 Å². The molecule has 0 radical (unpaired) electrons. The second-order valence-corrected chi connectivity index (χ2v) is 5.41. The lowest BCUT2D eigenvalue weighted by atomic mass is 10.2. The Morgan fingerprint density at radius 3 is 2.17 bits per heavy atom. The van der Waals surface area contributed by atoms with E-state index in [1.807, 2.05) is 35.2 Å². The summed E-state index contributed by atoms with van der Waals surface area (Å²) in [5.74, 6) is 0.367. The number of anilines is 1. The van der Waals surface area contributed by atoms with E-state index in [4.69, 9.17) is 5.73 Å². The van der Waals surface area contributed by atoms with E-state index in [-0.39, 0.29) is 5.91 Å². The summed E-state index contributed by atoms with van der Waals surface area (Å²) in [5, 5.41) is 0. The van der Waals surface area contributed by atoms with Crippen LogP contribution in [0.25, 0.3) is 0 Å². The van der Waals surface area contributed by atoms with Crippen LogP contribution in [0.5, 0.6) is 0 Å². The Kier molecular flexibility index (Phi) is 4.23. The predicted molar refractivity (Wildman–Crippen MR) is 87.3 cm³/mol. The summed E-state index contributed by atoms with van der Waals surface area (Å²) >= 11 is 0. The van der Waals surface area contributed by atoms with Crippen molar-refractivity contribution in [3.05, 3.63) is 59.8 Å². The van der Waals surface area contributed by atoms with Gasteiger partial charge < -0.3 is 15.5 Å². The summed E-state index contributed by atoms with van der Waals surface area (Å²) in [6, 6.07) is 12.8. The molecule has 1 aliphatic rings. The Morgan fingerprint density at radius 2 is 1.61 bits per heavy atom. The standard InChI is InChI=1S/C17H18N4O2/c18-16(22)14-6-7-15(19-12-14)20-8-10-21(11-9-20)17(23)13-4-2-1-3-5-13/h1-7,12H,8-11H2,(H2,18,22). The second-order valence-electron chi connectivity index (χ2n) is 5.41. The number of aromatic nitrogens is 1. The smallest absolute Gasteiger partial charge is 0.253 e. The molecule has 0 aliphatic carbocycles. The summed E-state index contributed by atoms with van der Waals surface area (Å²) in [6.45, 7) is 2.71. The Bertz CT molecular complexity index is 692. The fraction of sp³-hybridized carbons (Fsp3) is 0.235. The van der Waals surface area contributed by atoms with Gasteiger partial charge in [-0.15, -0.1) is 0 Å². The van der Waals surface area contributed by atoms with Crippen LogP contribution in [0.2, 0.25) is 0 Å². The fourth-order valence-corrected chi connectivity index (χ4v) is 2.62. The lowest BCUT2D eigenvalue weighted by Gasteiger charge is -2.35. The van der Waals surface area contributed by atoms with Crippen molar-refractivity contribution in [3.63, 3.8) is 0 Å². The molecule has 2 amide bonds. The van der Waals surface area contributed by atoms with Crippen LogP contribution >= 0.6 is 0 Å². The van der Waals surface area contributed by atoms with Crippen LogP contribution in [0.15, 0.2) is 48.7 Å². The zero-order chi connectivity index (χ0) is 16.2. The van der Waals surface area contributed by atoms with Crippen LogP contribution in [0.3, 0.4) is 0 Å². The molecule has 6 heteroatoms. The zero-order valence-electron chi connectivity index (χ0n) is 12.7. The normalized spacial score (nSPS) is 14.6. The van der Waals surface area contributed by atoms with Crippen LogP contribution < -0.4 is 10.6 Å². The van der Waals surface area contributed by atoms with E-state index in [9.17, 15) is 9.59 Å². The highest BCUT2D eigenvalue weighted by Crippen LogP contribution is 2.15.